The van der Waals surface area contributed by atoms with Crippen LogP contribution < -0.4 is 0 Å². The van der Waals surface area contributed by atoms with E-state index in [0.29, 0.717) is 34.3 Å². The summed E-state index contributed by atoms with van der Waals surface area (Å²) in [6.07, 6.45) is 3.63. The lowest BCUT2D eigenvalue weighted by atomic mass is 10.0. The Morgan fingerprint density at radius 3 is 2.42 bits per heavy atom. The van der Waals surface area contributed by atoms with Crippen molar-refractivity contribution < 1.29 is 8.42 Å². The van der Waals surface area contributed by atoms with Crippen LogP contribution in [0.3, 0.4) is 0 Å². The molecule has 0 bridgehead atoms. The van der Waals surface area contributed by atoms with Crippen molar-refractivity contribution in [3.63, 3.8) is 0 Å². The number of nitrogens with zero attached hydrogens (tertiary/aromatic N) is 1. The quantitative estimate of drug-likeness (QED) is 0.826. The van der Waals surface area contributed by atoms with Crippen LogP contribution in [0.5, 0.6) is 0 Å². The molecule has 2 atom stereocenters. The first-order valence-corrected chi connectivity index (χ1v) is 8.98. The van der Waals surface area contributed by atoms with Gasteiger partial charge in [-0.2, -0.15) is 4.31 Å². The van der Waals surface area contributed by atoms with E-state index in [1.165, 1.54) is 19.3 Å². The van der Waals surface area contributed by atoms with Crippen LogP contribution >= 0.6 is 15.9 Å². The highest BCUT2D eigenvalue weighted by Gasteiger charge is 2.41. The molecule has 2 unspecified atom stereocenters. The Labute approximate surface area is 123 Å². The molecule has 2 aliphatic rings. The molecule has 0 radical (unpaired) electrons. The largest absolute Gasteiger partial charge is 0.244 e. The molecule has 5 heteroatoms. The normalized spacial score (nSPS) is 27.7. The van der Waals surface area contributed by atoms with Crippen LogP contribution in [0.4, 0.5) is 0 Å². The molecule has 1 aliphatic carbocycles. The van der Waals surface area contributed by atoms with Crippen molar-refractivity contribution >= 4 is 26.0 Å². The van der Waals surface area contributed by atoms with Crippen molar-refractivity contribution in [3.8, 4) is 0 Å². The summed E-state index contributed by atoms with van der Waals surface area (Å²) in [5.41, 5.74) is 1.06. The number of hydrogen-bond acceptors (Lipinski definition) is 2. The molecule has 0 spiro atoms. The van der Waals surface area contributed by atoms with Gasteiger partial charge in [-0.05, 0) is 65.2 Å². The Balaban J connectivity index is 1.91. The third kappa shape index (κ3) is 2.36. The van der Waals surface area contributed by atoms with E-state index < -0.39 is 10.0 Å². The lowest BCUT2D eigenvalue weighted by Gasteiger charge is -2.18. The van der Waals surface area contributed by atoms with Gasteiger partial charge in [-0.1, -0.05) is 12.5 Å². The Morgan fingerprint density at radius 2 is 1.84 bits per heavy atom. The first-order valence-electron chi connectivity index (χ1n) is 6.75. The molecule has 1 aromatic rings. The number of hydrogen-bond donors (Lipinski definition) is 0. The van der Waals surface area contributed by atoms with Crippen molar-refractivity contribution in [3.05, 3.63) is 28.2 Å². The van der Waals surface area contributed by atoms with Gasteiger partial charge in [-0.3, -0.25) is 0 Å². The molecule has 104 valence electrons. The second kappa shape index (κ2) is 4.86. The van der Waals surface area contributed by atoms with Crippen LogP contribution in [0.1, 0.15) is 24.8 Å². The van der Waals surface area contributed by atoms with Crippen LogP contribution in [0, 0.1) is 18.8 Å². The molecule has 1 saturated carbocycles. The molecular weight excluding hydrogens is 326 g/mol. The summed E-state index contributed by atoms with van der Waals surface area (Å²) >= 11 is 3.39. The fraction of sp³-hybridized carbons (Fsp3) is 0.571. The fourth-order valence-corrected chi connectivity index (χ4v) is 6.05. The van der Waals surface area contributed by atoms with Crippen LogP contribution in [0.25, 0.3) is 0 Å². The summed E-state index contributed by atoms with van der Waals surface area (Å²) < 4.78 is 27.7. The molecule has 1 saturated heterocycles. The molecule has 0 aromatic heterocycles. The monoisotopic (exact) mass is 343 g/mol. The molecule has 1 aliphatic heterocycles. The summed E-state index contributed by atoms with van der Waals surface area (Å²) in [4.78, 5) is 0.401. The number of fused-ring (bicyclic) bond motifs is 1. The number of rotatable bonds is 2. The molecule has 1 aromatic carbocycles. The summed E-state index contributed by atoms with van der Waals surface area (Å²) in [6, 6.07) is 5.43. The van der Waals surface area contributed by atoms with Gasteiger partial charge in [0.2, 0.25) is 10.0 Å². The third-order valence-corrected chi connectivity index (χ3v) is 7.21. The minimum absolute atomic E-state index is 0.401. The van der Waals surface area contributed by atoms with Gasteiger partial charge in [0.05, 0.1) is 4.90 Å². The zero-order valence-corrected chi connectivity index (χ0v) is 13.4. The predicted octanol–water partition coefficient (Wildman–Crippen LogP) is 3.18. The summed E-state index contributed by atoms with van der Waals surface area (Å²) in [5.74, 6) is 1.16. The minimum atomic E-state index is -3.34. The van der Waals surface area contributed by atoms with Crippen molar-refractivity contribution in [1.82, 2.24) is 4.31 Å². The van der Waals surface area contributed by atoms with Gasteiger partial charge >= 0.3 is 0 Å². The molecule has 3 nitrogen and oxygen atoms in total. The maximum Gasteiger partial charge on any atom is 0.244 e. The number of benzene rings is 1. The van der Waals surface area contributed by atoms with E-state index in [2.05, 4.69) is 15.9 Å². The highest BCUT2D eigenvalue weighted by atomic mass is 79.9. The second-order valence-corrected chi connectivity index (χ2v) is 8.47. The van der Waals surface area contributed by atoms with Crippen LogP contribution in [0.15, 0.2) is 27.6 Å². The lowest BCUT2D eigenvalue weighted by molar-refractivity contribution is 0.445. The van der Waals surface area contributed by atoms with Crippen LogP contribution in [-0.4, -0.2) is 25.8 Å². The smallest absolute Gasteiger partial charge is 0.207 e. The van der Waals surface area contributed by atoms with Crippen molar-refractivity contribution in [2.24, 2.45) is 11.8 Å². The highest BCUT2D eigenvalue weighted by molar-refractivity contribution is 9.10. The van der Waals surface area contributed by atoms with E-state index in [0.717, 1.165) is 5.56 Å². The summed E-state index contributed by atoms with van der Waals surface area (Å²) in [6.45, 7) is 3.36. The lowest BCUT2D eigenvalue weighted by Crippen LogP contribution is -2.30. The number of sulfonamides is 1. The zero-order chi connectivity index (χ0) is 13.6. The Morgan fingerprint density at radius 1 is 1.21 bits per heavy atom. The van der Waals surface area contributed by atoms with Gasteiger partial charge in [-0.15, -0.1) is 0 Å². The van der Waals surface area contributed by atoms with Gasteiger partial charge in [0.15, 0.2) is 0 Å². The Bertz CT molecular complexity index is 587. The molecular formula is C14H18BrNO2S. The van der Waals surface area contributed by atoms with Crippen LogP contribution in [-0.2, 0) is 10.0 Å². The second-order valence-electron chi connectivity index (χ2n) is 5.71. The molecule has 3 rings (SSSR count). The van der Waals surface area contributed by atoms with Gasteiger partial charge in [0.1, 0.15) is 0 Å². The van der Waals surface area contributed by atoms with Crippen molar-refractivity contribution in [2.75, 3.05) is 13.1 Å². The Kier molecular flexibility index (Phi) is 3.48. The number of halogens is 1. The molecule has 0 amide bonds. The highest BCUT2D eigenvalue weighted by Crippen LogP contribution is 2.40. The van der Waals surface area contributed by atoms with Gasteiger partial charge in [-0.25, -0.2) is 8.42 Å². The van der Waals surface area contributed by atoms with Crippen LogP contribution in [0.2, 0.25) is 0 Å². The first-order chi connectivity index (χ1) is 8.98. The predicted molar refractivity (Wildman–Crippen MR) is 78.5 cm³/mol. The topological polar surface area (TPSA) is 37.4 Å². The van der Waals surface area contributed by atoms with E-state index in [1.54, 1.807) is 10.4 Å². The molecule has 0 N–H and O–H groups in total. The molecule has 19 heavy (non-hydrogen) atoms. The van der Waals surface area contributed by atoms with E-state index in [9.17, 15) is 8.42 Å². The minimum Gasteiger partial charge on any atom is -0.207 e. The van der Waals surface area contributed by atoms with Gasteiger partial charge < -0.3 is 0 Å². The van der Waals surface area contributed by atoms with E-state index in [4.69, 9.17) is 0 Å². The first kappa shape index (κ1) is 13.6. The van der Waals surface area contributed by atoms with Crippen molar-refractivity contribution in [2.45, 2.75) is 31.1 Å². The molecule has 2 fully saturated rings. The van der Waals surface area contributed by atoms with Gasteiger partial charge in [0.25, 0.3) is 0 Å². The summed E-state index contributed by atoms with van der Waals surface area (Å²) in [7, 11) is -3.34. The SMILES string of the molecule is Cc1ccc(S(=O)(=O)N2CC3CCCC3C2)c(Br)c1. The van der Waals surface area contributed by atoms with E-state index in [1.807, 2.05) is 19.1 Å². The fourth-order valence-electron chi connectivity index (χ4n) is 3.34. The van der Waals surface area contributed by atoms with Crippen molar-refractivity contribution in [1.29, 1.82) is 0 Å². The average Bonchev–Trinajstić information content (AvgIpc) is 2.87. The van der Waals surface area contributed by atoms with Gasteiger partial charge in [0, 0.05) is 17.6 Å². The maximum atomic E-state index is 12.7. The maximum absolute atomic E-state index is 12.7. The Hall–Kier alpha value is -0.390. The van der Waals surface area contributed by atoms with E-state index in [-0.39, 0.29) is 0 Å². The molecule has 1 heterocycles. The average molecular weight is 344 g/mol. The zero-order valence-electron chi connectivity index (χ0n) is 11.0. The summed E-state index contributed by atoms with van der Waals surface area (Å²) in [5, 5.41) is 0. The third-order valence-electron chi connectivity index (χ3n) is 4.40. The number of aryl methyl sites for hydroxylation is 1. The standard InChI is InChI=1S/C14H18BrNO2S/c1-10-5-6-14(13(15)7-10)19(17,18)16-8-11-3-2-4-12(11)9-16/h5-7,11-12H,2-4,8-9H2,1H3. The van der Waals surface area contributed by atoms with E-state index >= 15 is 0 Å².